The third-order valence-corrected chi connectivity index (χ3v) is 4.32. The van der Waals surface area contributed by atoms with E-state index < -0.39 is 0 Å². The smallest absolute Gasteiger partial charge is 0.137 e. The molecule has 5 heteroatoms. The fourth-order valence-corrected chi connectivity index (χ4v) is 2.43. The molecule has 1 N–H and O–H groups in total. The summed E-state index contributed by atoms with van der Waals surface area (Å²) in [5.41, 5.74) is 2.11. The van der Waals surface area contributed by atoms with E-state index in [1.165, 1.54) is 18.4 Å². The summed E-state index contributed by atoms with van der Waals surface area (Å²) in [5, 5.41) is 3.92. The first kappa shape index (κ1) is 13.8. The molecule has 1 aromatic carbocycles. The molecule has 1 aromatic heterocycles. The van der Waals surface area contributed by atoms with E-state index in [1.807, 2.05) is 19.1 Å². The van der Waals surface area contributed by atoms with Crippen molar-refractivity contribution in [2.75, 3.05) is 5.32 Å². The van der Waals surface area contributed by atoms with Crippen molar-refractivity contribution in [2.24, 2.45) is 0 Å². The van der Waals surface area contributed by atoms with Gasteiger partial charge in [-0.3, -0.25) is 0 Å². The Morgan fingerprint density at radius 2 is 1.95 bits per heavy atom. The van der Waals surface area contributed by atoms with Crippen molar-refractivity contribution in [1.29, 1.82) is 0 Å². The zero-order valence-electron chi connectivity index (χ0n) is 11.2. The predicted octanol–water partition coefficient (Wildman–Crippen LogP) is 4.69. The Balaban J connectivity index is 1.77. The molecular weight excluding hydrogens is 338 g/mol. The van der Waals surface area contributed by atoms with Crippen LogP contribution in [0.4, 0.5) is 5.82 Å². The van der Waals surface area contributed by atoms with E-state index in [1.54, 1.807) is 0 Å². The van der Waals surface area contributed by atoms with Crippen LogP contribution in [-0.4, -0.2) is 9.97 Å². The van der Waals surface area contributed by atoms with Crippen molar-refractivity contribution in [3.05, 3.63) is 50.8 Å². The fourth-order valence-electron chi connectivity index (χ4n) is 1.99. The molecule has 1 aliphatic rings. The molecule has 1 heterocycles. The van der Waals surface area contributed by atoms with Crippen LogP contribution in [0.1, 0.15) is 35.7 Å². The highest BCUT2D eigenvalue weighted by atomic mass is 79.9. The third kappa shape index (κ3) is 3.13. The first-order valence-electron chi connectivity index (χ1n) is 6.66. The zero-order chi connectivity index (χ0) is 14.1. The average Bonchev–Trinajstić information content (AvgIpc) is 3.26. The first-order chi connectivity index (χ1) is 9.63. The van der Waals surface area contributed by atoms with E-state index in [2.05, 4.69) is 43.3 Å². The molecule has 0 unspecified atom stereocenters. The van der Waals surface area contributed by atoms with Crippen molar-refractivity contribution in [3.63, 3.8) is 0 Å². The molecule has 0 radical (unpaired) electrons. The Morgan fingerprint density at radius 3 is 2.60 bits per heavy atom. The van der Waals surface area contributed by atoms with E-state index >= 15 is 0 Å². The molecule has 0 saturated heterocycles. The van der Waals surface area contributed by atoms with Gasteiger partial charge in [0, 0.05) is 22.5 Å². The molecule has 2 aromatic rings. The minimum atomic E-state index is 0.501. The molecule has 1 fully saturated rings. The van der Waals surface area contributed by atoms with Gasteiger partial charge in [0.1, 0.15) is 16.8 Å². The summed E-state index contributed by atoms with van der Waals surface area (Å²) in [6, 6.07) is 8.23. The largest absolute Gasteiger partial charge is 0.366 e. The van der Waals surface area contributed by atoms with Gasteiger partial charge in [0.25, 0.3) is 0 Å². The summed E-state index contributed by atoms with van der Waals surface area (Å²) in [5.74, 6) is 2.22. The van der Waals surface area contributed by atoms with Crippen LogP contribution in [0.25, 0.3) is 0 Å². The van der Waals surface area contributed by atoms with E-state index in [4.69, 9.17) is 11.6 Å². The first-order valence-corrected chi connectivity index (χ1v) is 7.83. The molecule has 0 amide bonds. The normalized spacial score (nSPS) is 14.3. The van der Waals surface area contributed by atoms with Gasteiger partial charge in [0.2, 0.25) is 0 Å². The number of anilines is 1. The Morgan fingerprint density at radius 1 is 1.25 bits per heavy atom. The van der Waals surface area contributed by atoms with Crippen molar-refractivity contribution in [1.82, 2.24) is 9.97 Å². The maximum Gasteiger partial charge on any atom is 0.137 e. The quantitative estimate of drug-likeness (QED) is 0.811. The molecule has 20 heavy (non-hydrogen) atoms. The zero-order valence-corrected chi connectivity index (χ0v) is 13.5. The minimum absolute atomic E-state index is 0.501. The Kier molecular flexibility index (Phi) is 3.94. The average molecular weight is 353 g/mol. The van der Waals surface area contributed by atoms with E-state index in [-0.39, 0.29) is 0 Å². The number of hydrogen-bond acceptors (Lipinski definition) is 3. The monoisotopic (exact) mass is 351 g/mol. The van der Waals surface area contributed by atoms with Gasteiger partial charge in [0.05, 0.1) is 0 Å². The second-order valence-corrected chi connectivity index (χ2v) is 6.37. The van der Waals surface area contributed by atoms with E-state index in [9.17, 15) is 0 Å². The van der Waals surface area contributed by atoms with Gasteiger partial charge < -0.3 is 5.32 Å². The van der Waals surface area contributed by atoms with Crippen LogP contribution in [0, 0.1) is 6.92 Å². The highest BCUT2D eigenvalue weighted by Crippen LogP contribution is 2.39. The highest BCUT2D eigenvalue weighted by Gasteiger charge is 2.27. The van der Waals surface area contributed by atoms with Crippen molar-refractivity contribution in [3.8, 4) is 0 Å². The number of rotatable bonds is 4. The van der Waals surface area contributed by atoms with Crippen LogP contribution in [-0.2, 0) is 6.54 Å². The summed E-state index contributed by atoms with van der Waals surface area (Å²) < 4.78 is 1.08. The second kappa shape index (κ2) is 5.70. The van der Waals surface area contributed by atoms with Gasteiger partial charge in [0.15, 0.2) is 0 Å². The van der Waals surface area contributed by atoms with Gasteiger partial charge in [-0.2, -0.15) is 0 Å². The summed E-state index contributed by atoms with van der Waals surface area (Å²) in [6.07, 6.45) is 2.34. The molecule has 0 spiro atoms. The number of hydrogen-bond donors (Lipinski definition) is 1. The maximum absolute atomic E-state index is 6.20. The van der Waals surface area contributed by atoms with Crippen LogP contribution >= 0.6 is 27.5 Å². The molecule has 1 saturated carbocycles. The van der Waals surface area contributed by atoms with Crippen LogP contribution in [0.5, 0.6) is 0 Å². The molecule has 3 rings (SSSR count). The van der Waals surface area contributed by atoms with Gasteiger partial charge in [-0.15, -0.1) is 0 Å². The number of halogens is 2. The van der Waals surface area contributed by atoms with Crippen LogP contribution in [0.15, 0.2) is 28.7 Å². The lowest BCUT2D eigenvalue weighted by Crippen LogP contribution is -2.07. The standard InChI is InChI=1S/C15H15BrClN3/c1-9-13(17)19-15(11-4-5-11)20-14(9)18-8-10-2-6-12(16)7-3-10/h2-3,6-7,11H,4-5,8H2,1H3,(H,18,19,20). The van der Waals surface area contributed by atoms with E-state index in [0.717, 1.165) is 28.2 Å². The summed E-state index contributed by atoms with van der Waals surface area (Å²) >= 11 is 9.63. The van der Waals surface area contributed by atoms with Crippen molar-refractivity contribution in [2.45, 2.75) is 32.2 Å². The molecule has 0 bridgehead atoms. The molecule has 104 valence electrons. The summed E-state index contributed by atoms with van der Waals surface area (Å²) in [4.78, 5) is 8.98. The number of aromatic nitrogens is 2. The summed E-state index contributed by atoms with van der Waals surface area (Å²) in [7, 11) is 0. The molecule has 0 atom stereocenters. The van der Waals surface area contributed by atoms with Gasteiger partial charge >= 0.3 is 0 Å². The lowest BCUT2D eigenvalue weighted by atomic mass is 10.2. The number of nitrogens with one attached hydrogen (secondary N) is 1. The highest BCUT2D eigenvalue weighted by molar-refractivity contribution is 9.10. The molecule has 0 aliphatic heterocycles. The lowest BCUT2D eigenvalue weighted by molar-refractivity contribution is 0.911. The number of benzene rings is 1. The van der Waals surface area contributed by atoms with Crippen molar-refractivity contribution < 1.29 is 0 Å². The molecular formula is C15H15BrClN3. The Bertz CT molecular complexity index is 624. The Hall–Kier alpha value is -1.13. The molecule has 3 nitrogen and oxygen atoms in total. The van der Waals surface area contributed by atoms with E-state index in [0.29, 0.717) is 11.1 Å². The third-order valence-electron chi connectivity index (χ3n) is 3.42. The second-order valence-electron chi connectivity index (χ2n) is 5.10. The van der Waals surface area contributed by atoms with Crippen LogP contribution in [0.3, 0.4) is 0 Å². The SMILES string of the molecule is Cc1c(Cl)nc(C2CC2)nc1NCc1ccc(Br)cc1. The summed E-state index contributed by atoms with van der Waals surface area (Å²) in [6.45, 7) is 2.68. The van der Waals surface area contributed by atoms with Crippen molar-refractivity contribution >= 4 is 33.3 Å². The minimum Gasteiger partial charge on any atom is -0.366 e. The van der Waals surface area contributed by atoms with Gasteiger partial charge in [-0.25, -0.2) is 9.97 Å². The van der Waals surface area contributed by atoms with Crippen LogP contribution < -0.4 is 5.32 Å². The number of nitrogens with zero attached hydrogens (tertiary/aromatic N) is 2. The van der Waals surface area contributed by atoms with Gasteiger partial charge in [-0.05, 0) is 37.5 Å². The molecule has 1 aliphatic carbocycles. The fraction of sp³-hybridized carbons (Fsp3) is 0.333. The maximum atomic E-state index is 6.20. The topological polar surface area (TPSA) is 37.8 Å². The predicted molar refractivity (Wildman–Crippen MR) is 85.2 cm³/mol. The lowest BCUT2D eigenvalue weighted by Gasteiger charge is -2.11. The Labute approximate surface area is 131 Å². The van der Waals surface area contributed by atoms with Crippen LogP contribution in [0.2, 0.25) is 5.15 Å². The van der Waals surface area contributed by atoms with Gasteiger partial charge in [-0.1, -0.05) is 39.7 Å².